The lowest BCUT2D eigenvalue weighted by molar-refractivity contribution is -0.142. The first-order chi connectivity index (χ1) is 6.70. The summed E-state index contributed by atoms with van der Waals surface area (Å²) in [5.74, 6) is -0.178. The standard InChI is InChI=1S/C12H20O2/c1-4-6-8-11(3)9-7-10-12(13)14-5-2/h7H,4-6,8,10H2,1-3H3. The molecule has 0 aliphatic rings. The lowest BCUT2D eigenvalue weighted by atomic mass is 10.1. The molecule has 0 spiro atoms. The summed E-state index contributed by atoms with van der Waals surface area (Å²) in [6, 6.07) is 0. The number of esters is 1. The van der Waals surface area contributed by atoms with E-state index in [4.69, 9.17) is 4.74 Å². The average Bonchev–Trinajstić information content (AvgIpc) is 2.15. The van der Waals surface area contributed by atoms with Crippen molar-refractivity contribution in [3.63, 3.8) is 0 Å². The molecule has 0 radical (unpaired) electrons. The molecule has 2 heteroatoms. The minimum atomic E-state index is -0.178. The van der Waals surface area contributed by atoms with E-state index in [1.807, 2.05) is 13.8 Å². The van der Waals surface area contributed by atoms with Gasteiger partial charge in [0.2, 0.25) is 0 Å². The molecule has 0 saturated carbocycles. The Hall–Kier alpha value is -1.01. The van der Waals surface area contributed by atoms with Gasteiger partial charge in [0.1, 0.15) is 0 Å². The molecule has 0 saturated heterocycles. The molecule has 0 aromatic rings. The van der Waals surface area contributed by atoms with Gasteiger partial charge in [-0.05, 0) is 38.3 Å². The Balaban J connectivity index is 3.83. The predicted molar refractivity (Wildman–Crippen MR) is 58.0 cm³/mol. The quantitative estimate of drug-likeness (QED) is 0.481. The molecule has 0 aliphatic carbocycles. The van der Waals surface area contributed by atoms with Gasteiger partial charge in [-0.1, -0.05) is 13.3 Å². The first-order valence-electron chi connectivity index (χ1n) is 5.27. The minimum Gasteiger partial charge on any atom is -0.466 e. The summed E-state index contributed by atoms with van der Waals surface area (Å²) in [5.41, 5.74) is 4.30. The number of hydrogen-bond acceptors (Lipinski definition) is 2. The van der Waals surface area contributed by atoms with Crippen LogP contribution in [-0.4, -0.2) is 12.6 Å². The van der Waals surface area contributed by atoms with Gasteiger partial charge in [0.15, 0.2) is 0 Å². The second-order valence-electron chi connectivity index (χ2n) is 3.24. The van der Waals surface area contributed by atoms with Crippen LogP contribution in [0.2, 0.25) is 0 Å². The number of carbonyl (C=O) groups is 1. The molecule has 0 N–H and O–H groups in total. The number of ether oxygens (including phenoxy) is 1. The summed E-state index contributed by atoms with van der Waals surface area (Å²) in [6.07, 6.45) is 5.53. The van der Waals surface area contributed by atoms with E-state index in [2.05, 4.69) is 12.7 Å². The third-order valence-corrected chi connectivity index (χ3v) is 1.83. The molecule has 0 rings (SSSR count). The summed E-state index contributed by atoms with van der Waals surface area (Å²) in [5, 5.41) is 0. The van der Waals surface area contributed by atoms with E-state index in [-0.39, 0.29) is 5.97 Å². The maximum Gasteiger partial charge on any atom is 0.310 e. The van der Waals surface area contributed by atoms with E-state index >= 15 is 0 Å². The lowest BCUT2D eigenvalue weighted by Crippen LogP contribution is -2.01. The Labute approximate surface area is 86.6 Å². The van der Waals surface area contributed by atoms with Gasteiger partial charge in [-0.25, -0.2) is 0 Å². The molecule has 80 valence electrons. The maximum absolute atomic E-state index is 10.9. The largest absolute Gasteiger partial charge is 0.466 e. The van der Waals surface area contributed by atoms with Crippen LogP contribution in [0.15, 0.2) is 17.4 Å². The van der Waals surface area contributed by atoms with Crippen molar-refractivity contribution in [3.8, 4) is 0 Å². The Morgan fingerprint density at radius 1 is 1.43 bits per heavy atom. The molecule has 0 aromatic carbocycles. The van der Waals surface area contributed by atoms with E-state index in [1.165, 1.54) is 18.4 Å². The molecule has 0 atom stereocenters. The van der Waals surface area contributed by atoms with Crippen molar-refractivity contribution in [2.45, 2.75) is 46.5 Å². The van der Waals surface area contributed by atoms with Crippen molar-refractivity contribution >= 4 is 5.97 Å². The second-order valence-corrected chi connectivity index (χ2v) is 3.24. The van der Waals surface area contributed by atoms with Crippen molar-refractivity contribution in [1.29, 1.82) is 0 Å². The van der Waals surface area contributed by atoms with Gasteiger partial charge in [-0.3, -0.25) is 4.79 Å². The van der Waals surface area contributed by atoms with Crippen molar-refractivity contribution in [1.82, 2.24) is 0 Å². The van der Waals surface area contributed by atoms with Crippen LogP contribution in [0, 0.1) is 0 Å². The van der Waals surface area contributed by atoms with Crippen LogP contribution in [0.5, 0.6) is 0 Å². The number of unbranched alkanes of at least 4 members (excludes halogenated alkanes) is 1. The maximum atomic E-state index is 10.9. The van der Waals surface area contributed by atoms with Crippen LogP contribution in [-0.2, 0) is 9.53 Å². The second kappa shape index (κ2) is 8.58. The van der Waals surface area contributed by atoms with Crippen LogP contribution in [0.4, 0.5) is 0 Å². The lowest BCUT2D eigenvalue weighted by Gasteiger charge is -1.96. The van der Waals surface area contributed by atoms with Gasteiger partial charge in [0, 0.05) is 0 Å². The SMILES string of the molecule is CCCCC(C)=C=CCC(=O)OCC. The Kier molecular flexibility index (Phi) is 7.96. The Morgan fingerprint density at radius 3 is 2.71 bits per heavy atom. The third-order valence-electron chi connectivity index (χ3n) is 1.83. The fraction of sp³-hybridized carbons (Fsp3) is 0.667. The zero-order chi connectivity index (χ0) is 10.8. The fourth-order valence-electron chi connectivity index (χ4n) is 1.04. The smallest absolute Gasteiger partial charge is 0.310 e. The van der Waals surface area contributed by atoms with Crippen LogP contribution in [0.1, 0.15) is 46.5 Å². The zero-order valence-corrected chi connectivity index (χ0v) is 9.43. The van der Waals surface area contributed by atoms with E-state index in [9.17, 15) is 4.79 Å². The highest BCUT2D eigenvalue weighted by Gasteiger charge is 1.95. The Morgan fingerprint density at radius 2 is 2.14 bits per heavy atom. The fourth-order valence-corrected chi connectivity index (χ4v) is 1.04. The molecular weight excluding hydrogens is 176 g/mol. The van der Waals surface area contributed by atoms with Crippen LogP contribution < -0.4 is 0 Å². The summed E-state index contributed by atoms with van der Waals surface area (Å²) in [6.45, 7) is 6.46. The molecule has 0 heterocycles. The van der Waals surface area contributed by atoms with Gasteiger partial charge in [0.25, 0.3) is 0 Å². The summed E-state index contributed by atoms with van der Waals surface area (Å²) < 4.78 is 4.79. The highest BCUT2D eigenvalue weighted by atomic mass is 16.5. The first kappa shape index (κ1) is 13.0. The molecule has 0 fully saturated rings. The zero-order valence-electron chi connectivity index (χ0n) is 9.43. The van der Waals surface area contributed by atoms with Gasteiger partial charge in [-0.15, -0.1) is 5.73 Å². The number of hydrogen-bond donors (Lipinski definition) is 0. The number of carbonyl (C=O) groups excluding carboxylic acids is 1. The molecule has 0 unspecified atom stereocenters. The summed E-state index contributed by atoms with van der Waals surface area (Å²) >= 11 is 0. The summed E-state index contributed by atoms with van der Waals surface area (Å²) in [7, 11) is 0. The Bertz CT molecular complexity index is 222. The van der Waals surface area contributed by atoms with Gasteiger partial charge in [0.05, 0.1) is 13.0 Å². The monoisotopic (exact) mass is 196 g/mol. The van der Waals surface area contributed by atoms with Crippen LogP contribution >= 0.6 is 0 Å². The average molecular weight is 196 g/mol. The first-order valence-corrected chi connectivity index (χ1v) is 5.27. The molecule has 0 aliphatic heterocycles. The third kappa shape index (κ3) is 7.63. The molecule has 14 heavy (non-hydrogen) atoms. The van der Waals surface area contributed by atoms with Gasteiger partial charge in [-0.2, -0.15) is 0 Å². The highest BCUT2D eigenvalue weighted by Crippen LogP contribution is 2.04. The van der Waals surface area contributed by atoms with Crippen molar-refractivity contribution in [2.24, 2.45) is 0 Å². The minimum absolute atomic E-state index is 0.178. The van der Waals surface area contributed by atoms with E-state index in [1.54, 1.807) is 6.08 Å². The van der Waals surface area contributed by atoms with Gasteiger partial charge < -0.3 is 4.74 Å². The van der Waals surface area contributed by atoms with Crippen molar-refractivity contribution in [2.75, 3.05) is 6.61 Å². The van der Waals surface area contributed by atoms with Crippen LogP contribution in [0.25, 0.3) is 0 Å². The molecular formula is C12H20O2. The van der Waals surface area contributed by atoms with Crippen molar-refractivity contribution in [3.05, 3.63) is 17.4 Å². The molecule has 2 nitrogen and oxygen atoms in total. The normalized spacial score (nSPS) is 9.07. The topological polar surface area (TPSA) is 26.3 Å². The summed E-state index contributed by atoms with van der Waals surface area (Å²) in [4.78, 5) is 10.9. The van der Waals surface area contributed by atoms with Crippen molar-refractivity contribution < 1.29 is 9.53 Å². The highest BCUT2D eigenvalue weighted by molar-refractivity contribution is 5.71. The number of rotatable bonds is 6. The van der Waals surface area contributed by atoms with E-state index in [0.29, 0.717) is 13.0 Å². The van der Waals surface area contributed by atoms with Crippen LogP contribution in [0.3, 0.4) is 0 Å². The van der Waals surface area contributed by atoms with E-state index < -0.39 is 0 Å². The van der Waals surface area contributed by atoms with E-state index in [0.717, 1.165) is 6.42 Å². The molecule has 0 aromatic heterocycles. The predicted octanol–water partition coefficient (Wildman–Crippen LogP) is 3.23. The molecule has 0 bridgehead atoms. The van der Waals surface area contributed by atoms with Gasteiger partial charge >= 0.3 is 5.97 Å². The molecule has 0 amide bonds.